The predicted molar refractivity (Wildman–Crippen MR) is 34.1 cm³/mol. The maximum absolute atomic E-state index is 5.41. The third kappa shape index (κ3) is 400. The van der Waals surface area contributed by atoms with Gasteiger partial charge in [-0.15, -0.1) is 0 Å². The van der Waals surface area contributed by atoms with E-state index in [1.165, 1.54) is 0 Å². The van der Waals surface area contributed by atoms with Crippen molar-refractivity contribution >= 4 is 14.2 Å². The molecule has 0 aliphatic rings. The second kappa shape index (κ2) is 0.746. The average Bonchev–Trinajstić information content (AvgIpc) is 0.544. The van der Waals surface area contributed by atoms with Crippen molar-refractivity contribution in [1.29, 1.82) is 0 Å². The Hall–Kier alpha value is 0.746. The van der Waals surface area contributed by atoms with E-state index < -0.39 is 8.99 Å². The van der Waals surface area contributed by atoms with E-state index >= 15 is 0 Å². The van der Waals surface area contributed by atoms with Crippen LogP contribution in [0, 0.1) is 0 Å². The zero-order chi connectivity index (χ0) is 7.38. The van der Waals surface area contributed by atoms with Crippen molar-refractivity contribution < 1.29 is 8.99 Å². The number of rotatable bonds is 0. The zero-order valence-electron chi connectivity index (χ0n) is 4.18. The van der Waals surface area contributed by atoms with Gasteiger partial charge in [-0.05, 0) is 0 Å². The van der Waals surface area contributed by atoms with E-state index in [2.05, 4.69) is 14.2 Å². The molecular weight excluding hydrogens is 223 g/mol. The fourth-order valence-electron chi connectivity index (χ4n) is 0. The van der Waals surface area contributed by atoms with Crippen LogP contribution in [-0.4, -0.2) is 0 Å². The molecule has 0 heterocycles. The topological polar surface area (TPSA) is 156 Å². The van der Waals surface area contributed by atoms with Crippen LogP contribution < -0.4 is 28.7 Å². The SMILES string of the molecule is [NH2][Co]([NH2])([NH2])([NH2])([NH2])([NH2])[Br]. The summed E-state index contributed by atoms with van der Waals surface area (Å²) in [5.41, 5.74) is 0. The summed E-state index contributed by atoms with van der Waals surface area (Å²) in [6.45, 7) is 0. The van der Waals surface area contributed by atoms with E-state index in [0.717, 1.165) is 0 Å². The van der Waals surface area contributed by atoms with Crippen molar-refractivity contribution in [3.05, 3.63) is 0 Å². The molecule has 0 aliphatic carbocycles. The molecule has 0 aromatic heterocycles. The maximum atomic E-state index is 5.02. The molecule has 0 unspecified atom stereocenters. The Balaban J connectivity index is 5.14. The fraction of sp³-hybridized carbons (Fsp3) is 0. The molecule has 58 valence electrons. The summed E-state index contributed by atoms with van der Waals surface area (Å²) < 4.78 is 0. The van der Waals surface area contributed by atoms with Gasteiger partial charge in [-0.2, -0.15) is 0 Å². The minimum atomic E-state index is -5.41. The van der Waals surface area contributed by atoms with E-state index in [4.69, 9.17) is 28.7 Å². The molecule has 0 spiro atoms. The van der Waals surface area contributed by atoms with Crippen LogP contribution in [0.15, 0.2) is 0 Å². The summed E-state index contributed by atoms with van der Waals surface area (Å²) in [6, 6.07) is 0. The van der Waals surface area contributed by atoms with Gasteiger partial charge in [0.05, 0.1) is 0 Å². The first kappa shape index (κ1) is 8.75. The predicted octanol–water partition coefficient (Wildman–Crippen LogP) is -2.70. The molecule has 0 rings (SSSR count). The number of hydrogen-bond acceptors (Lipinski definition) is 6. The Bertz CT molecular complexity index is 101. The van der Waals surface area contributed by atoms with Crippen LogP contribution in [0.3, 0.4) is 0 Å². The van der Waals surface area contributed by atoms with Crippen molar-refractivity contribution in [2.24, 2.45) is 28.7 Å². The van der Waals surface area contributed by atoms with Gasteiger partial charge in [-0.1, -0.05) is 0 Å². The van der Waals surface area contributed by atoms with Crippen LogP contribution in [0.2, 0.25) is 0 Å². The van der Waals surface area contributed by atoms with Crippen molar-refractivity contribution in [3.8, 4) is 0 Å². The molecule has 0 atom stereocenters. The standard InChI is InChI=1S/BrH.Co.6H2N/h1H;;6*1H2/q;+7;6*-1/p-1. The molecule has 6 nitrogen and oxygen atoms in total. The molecule has 8 heavy (non-hydrogen) atoms. The number of halogens is 1. The van der Waals surface area contributed by atoms with Gasteiger partial charge in [-0.25, -0.2) is 0 Å². The Labute approximate surface area is 52.2 Å². The summed E-state index contributed by atoms with van der Waals surface area (Å²) >= 11 is 2.49. The van der Waals surface area contributed by atoms with Gasteiger partial charge < -0.3 is 0 Å². The number of hydrogen-bond donors (Lipinski definition) is 6. The summed E-state index contributed by atoms with van der Waals surface area (Å²) in [7, 11) is -5.41. The quantitative estimate of drug-likeness (QED) is 0.268. The van der Waals surface area contributed by atoms with E-state index in [9.17, 15) is 0 Å². The first-order valence-electron chi connectivity index (χ1n) is 1.28. The first-order valence-corrected chi connectivity index (χ1v) is 7.46. The molecule has 0 amide bonds. The van der Waals surface area contributed by atoms with Gasteiger partial charge in [0.25, 0.3) is 0 Å². The van der Waals surface area contributed by atoms with E-state index in [1.807, 2.05) is 0 Å². The first-order chi connectivity index (χ1) is 2.65. The normalized spacial score (nSPS) is 27.1. The van der Waals surface area contributed by atoms with Gasteiger partial charge >= 0.3 is 51.9 Å². The monoisotopic (exact) mass is 234 g/mol. The van der Waals surface area contributed by atoms with Gasteiger partial charge in [0.1, 0.15) is 0 Å². The molecule has 0 aliphatic heterocycles. The van der Waals surface area contributed by atoms with Crippen LogP contribution in [0.4, 0.5) is 0 Å². The van der Waals surface area contributed by atoms with Gasteiger partial charge in [0, 0.05) is 0 Å². The molecule has 0 aromatic rings. The molecular formula is H12BrCoN6. The van der Waals surface area contributed by atoms with Crippen molar-refractivity contribution in [1.82, 2.24) is 0 Å². The third-order valence-corrected chi connectivity index (χ3v) is 0. The molecule has 0 bridgehead atoms. The Kier molecular flexibility index (Phi) is 0.815. The Morgan fingerprint density at radius 3 is 0.750 bits per heavy atom. The molecule has 8 heteroatoms. The van der Waals surface area contributed by atoms with Crippen LogP contribution in [-0.2, 0) is 8.99 Å². The summed E-state index contributed by atoms with van der Waals surface area (Å²) in [4.78, 5) is 30.1. The minimum absolute atomic E-state index is 2.49. The molecule has 0 radical (unpaired) electrons. The molecule has 0 saturated carbocycles. The zero-order valence-corrected chi connectivity index (χ0v) is 6.80. The van der Waals surface area contributed by atoms with Crippen LogP contribution >= 0.6 is 14.2 Å². The summed E-state index contributed by atoms with van der Waals surface area (Å²) in [5, 5.41) is 0. The van der Waals surface area contributed by atoms with Gasteiger partial charge in [-0.3, -0.25) is 0 Å². The molecule has 12 N–H and O–H groups in total. The van der Waals surface area contributed by atoms with Crippen molar-refractivity contribution in [2.45, 2.75) is 0 Å². The van der Waals surface area contributed by atoms with Gasteiger partial charge in [0.15, 0.2) is 0 Å². The Morgan fingerprint density at radius 2 is 0.750 bits per heavy atom. The summed E-state index contributed by atoms with van der Waals surface area (Å²) in [5.74, 6) is 0. The Morgan fingerprint density at radius 1 is 0.750 bits per heavy atom. The average molecular weight is 235 g/mol. The van der Waals surface area contributed by atoms with E-state index in [-0.39, 0.29) is 0 Å². The van der Waals surface area contributed by atoms with Crippen molar-refractivity contribution in [3.63, 3.8) is 0 Å². The number of nitrogens with two attached hydrogens (primary N) is 6. The third-order valence-electron chi connectivity index (χ3n) is 0. The van der Waals surface area contributed by atoms with Crippen LogP contribution in [0.25, 0.3) is 0 Å². The summed E-state index contributed by atoms with van der Waals surface area (Å²) in [6.07, 6.45) is 0. The van der Waals surface area contributed by atoms with Crippen LogP contribution in [0.1, 0.15) is 0 Å². The van der Waals surface area contributed by atoms with E-state index in [1.54, 1.807) is 0 Å². The second-order valence-corrected chi connectivity index (χ2v) is 16.2. The van der Waals surface area contributed by atoms with Crippen molar-refractivity contribution in [2.75, 3.05) is 0 Å². The van der Waals surface area contributed by atoms with Crippen LogP contribution in [0.5, 0.6) is 0 Å². The second-order valence-electron chi connectivity index (χ2n) is 2.10. The fourth-order valence-corrected chi connectivity index (χ4v) is 0. The molecule has 0 saturated heterocycles. The van der Waals surface area contributed by atoms with Gasteiger partial charge in [0.2, 0.25) is 0 Å². The molecule has 0 aromatic carbocycles. The van der Waals surface area contributed by atoms with E-state index in [0.29, 0.717) is 0 Å². The molecule has 0 fully saturated rings.